The Morgan fingerprint density at radius 2 is 1.94 bits per heavy atom. The Balaban J connectivity index is 1.90. The molecule has 0 heterocycles. The van der Waals surface area contributed by atoms with Crippen LogP contribution in [0.25, 0.3) is 10.8 Å². The first-order valence-electron chi connectivity index (χ1n) is 5.98. The van der Waals surface area contributed by atoms with Crippen LogP contribution in [0.2, 0.25) is 0 Å². The highest BCUT2D eigenvalue weighted by molar-refractivity contribution is 7.99. The maximum Gasteiger partial charge on any atom is 0.305 e. The largest absolute Gasteiger partial charge is 0.469 e. The summed E-state index contributed by atoms with van der Waals surface area (Å²) in [5, 5.41) is 2.52. The molecule has 0 unspecified atom stereocenters. The number of fused-ring (bicyclic) bond motifs is 1. The Morgan fingerprint density at radius 1 is 1.17 bits per heavy atom. The molecule has 0 amide bonds. The van der Waals surface area contributed by atoms with Crippen LogP contribution in [-0.2, 0) is 9.53 Å². The van der Waals surface area contributed by atoms with E-state index in [1.54, 1.807) is 11.8 Å². The standard InChI is InChI=1S/C15H16O2S/c1-17-15(16)7-4-10-18-14-9-8-12-5-2-3-6-13(12)11-14/h2-3,5-6,8-9,11H,4,7,10H2,1H3. The van der Waals surface area contributed by atoms with E-state index in [2.05, 4.69) is 35.1 Å². The molecule has 2 rings (SSSR count). The molecule has 94 valence electrons. The quantitative estimate of drug-likeness (QED) is 0.463. The van der Waals surface area contributed by atoms with E-state index in [1.807, 2.05) is 12.1 Å². The molecule has 2 aromatic carbocycles. The third kappa shape index (κ3) is 3.50. The van der Waals surface area contributed by atoms with Gasteiger partial charge in [-0.2, -0.15) is 0 Å². The lowest BCUT2D eigenvalue weighted by molar-refractivity contribution is -0.140. The second-order valence-electron chi connectivity index (χ2n) is 4.04. The lowest BCUT2D eigenvalue weighted by Crippen LogP contribution is -1.99. The van der Waals surface area contributed by atoms with Crippen molar-refractivity contribution < 1.29 is 9.53 Å². The number of hydrogen-bond donors (Lipinski definition) is 0. The molecule has 0 atom stereocenters. The Kier molecular flexibility index (Phi) is 4.65. The Bertz CT molecular complexity index is 537. The Morgan fingerprint density at radius 3 is 2.72 bits per heavy atom. The SMILES string of the molecule is COC(=O)CCCSc1ccc2ccccc2c1. The molecule has 0 saturated heterocycles. The summed E-state index contributed by atoms with van der Waals surface area (Å²) >= 11 is 1.78. The molecule has 0 aromatic heterocycles. The molecule has 0 saturated carbocycles. The fourth-order valence-electron chi connectivity index (χ4n) is 1.77. The third-order valence-electron chi connectivity index (χ3n) is 2.74. The van der Waals surface area contributed by atoms with Crippen molar-refractivity contribution in [3.05, 3.63) is 42.5 Å². The summed E-state index contributed by atoms with van der Waals surface area (Å²) in [5.41, 5.74) is 0. The number of thioether (sulfide) groups is 1. The number of carbonyl (C=O) groups is 1. The van der Waals surface area contributed by atoms with Crippen molar-refractivity contribution >= 4 is 28.5 Å². The molecule has 0 spiro atoms. The number of methoxy groups -OCH3 is 1. The highest BCUT2D eigenvalue weighted by Crippen LogP contribution is 2.24. The molecule has 2 nitrogen and oxygen atoms in total. The van der Waals surface area contributed by atoms with Gasteiger partial charge in [-0.15, -0.1) is 11.8 Å². The van der Waals surface area contributed by atoms with Gasteiger partial charge in [0.05, 0.1) is 7.11 Å². The zero-order valence-corrected chi connectivity index (χ0v) is 11.2. The predicted octanol–water partition coefficient (Wildman–Crippen LogP) is 3.89. The molecular weight excluding hydrogens is 244 g/mol. The zero-order chi connectivity index (χ0) is 12.8. The third-order valence-corrected chi connectivity index (χ3v) is 3.82. The Labute approximate surface area is 111 Å². The molecule has 0 aliphatic carbocycles. The second kappa shape index (κ2) is 6.45. The summed E-state index contributed by atoms with van der Waals surface area (Å²) in [6.07, 6.45) is 1.35. The maximum absolute atomic E-state index is 11.0. The summed E-state index contributed by atoms with van der Waals surface area (Å²) in [7, 11) is 1.43. The summed E-state index contributed by atoms with van der Waals surface area (Å²) < 4.78 is 4.61. The van der Waals surface area contributed by atoms with Gasteiger partial charge in [0.1, 0.15) is 0 Å². The average Bonchev–Trinajstić information content (AvgIpc) is 2.43. The van der Waals surface area contributed by atoms with Crippen LogP contribution in [0.1, 0.15) is 12.8 Å². The van der Waals surface area contributed by atoms with E-state index in [0.717, 1.165) is 12.2 Å². The van der Waals surface area contributed by atoms with Crippen LogP contribution in [-0.4, -0.2) is 18.8 Å². The topological polar surface area (TPSA) is 26.3 Å². The van der Waals surface area contributed by atoms with Crippen molar-refractivity contribution in [2.75, 3.05) is 12.9 Å². The summed E-state index contributed by atoms with van der Waals surface area (Å²) in [5.74, 6) is 0.807. The van der Waals surface area contributed by atoms with E-state index < -0.39 is 0 Å². The average molecular weight is 260 g/mol. The molecule has 0 fully saturated rings. The molecule has 18 heavy (non-hydrogen) atoms. The molecule has 2 aromatic rings. The Hall–Kier alpha value is -1.48. The van der Waals surface area contributed by atoms with E-state index in [9.17, 15) is 4.79 Å². The number of rotatable bonds is 5. The van der Waals surface area contributed by atoms with Crippen LogP contribution in [0.15, 0.2) is 47.4 Å². The van der Waals surface area contributed by atoms with Gasteiger partial charge in [-0.3, -0.25) is 4.79 Å². The van der Waals surface area contributed by atoms with Crippen molar-refractivity contribution in [1.29, 1.82) is 0 Å². The molecule has 0 radical (unpaired) electrons. The first-order chi connectivity index (χ1) is 8.79. The lowest BCUT2D eigenvalue weighted by atomic mass is 10.1. The van der Waals surface area contributed by atoms with Gasteiger partial charge in [0.25, 0.3) is 0 Å². The van der Waals surface area contributed by atoms with Crippen molar-refractivity contribution in [3.8, 4) is 0 Å². The molecule has 0 bridgehead atoms. The van der Waals surface area contributed by atoms with Gasteiger partial charge in [0.15, 0.2) is 0 Å². The molecule has 0 aliphatic heterocycles. The van der Waals surface area contributed by atoms with Crippen molar-refractivity contribution in [3.63, 3.8) is 0 Å². The van der Waals surface area contributed by atoms with Crippen LogP contribution in [0.5, 0.6) is 0 Å². The minimum absolute atomic E-state index is 0.130. The highest BCUT2D eigenvalue weighted by Gasteiger charge is 2.01. The number of ether oxygens (including phenoxy) is 1. The first kappa shape index (κ1) is 13.0. The van der Waals surface area contributed by atoms with Crippen molar-refractivity contribution in [2.24, 2.45) is 0 Å². The fraction of sp³-hybridized carbons (Fsp3) is 0.267. The van der Waals surface area contributed by atoms with Gasteiger partial charge in [-0.05, 0) is 35.1 Å². The van der Waals surface area contributed by atoms with Crippen LogP contribution in [0, 0.1) is 0 Å². The monoisotopic (exact) mass is 260 g/mol. The van der Waals surface area contributed by atoms with Crippen molar-refractivity contribution in [1.82, 2.24) is 0 Å². The first-order valence-corrected chi connectivity index (χ1v) is 6.96. The van der Waals surface area contributed by atoms with Gasteiger partial charge in [-0.25, -0.2) is 0 Å². The second-order valence-corrected chi connectivity index (χ2v) is 5.21. The van der Waals surface area contributed by atoms with Crippen LogP contribution < -0.4 is 0 Å². The summed E-state index contributed by atoms with van der Waals surface area (Å²) in [6, 6.07) is 14.8. The van der Waals surface area contributed by atoms with Gasteiger partial charge >= 0.3 is 5.97 Å². The number of hydrogen-bond acceptors (Lipinski definition) is 3. The van der Waals surface area contributed by atoms with Crippen LogP contribution in [0.4, 0.5) is 0 Å². The maximum atomic E-state index is 11.0. The minimum Gasteiger partial charge on any atom is -0.469 e. The molecule has 0 N–H and O–H groups in total. The highest BCUT2D eigenvalue weighted by atomic mass is 32.2. The van der Waals surface area contributed by atoms with Gasteiger partial charge in [-0.1, -0.05) is 30.3 Å². The van der Waals surface area contributed by atoms with Crippen LogP contribution >= 0.6 is 11.8 Å². The fourth-order valence-corrected chi connectivity index (χ4v) is 2.66. The smallest absolute Gasteiger partial charge is 0.305 e. The molecular formula is C15H16O2S. The van der Waals surface area contributed by atoms with E-state index >= 15 is 0 Å². The summed E-state index contributed by atoms with van der Waals surface area (Å²) in [6.45, 7) is 0. The number of benzene rings is 2. The minimum atomic E-state index is -0.130. The van der Waals surface area contributed by atoms with E-state index in [-0.39, 0.29) is 5.97 Å². The van der Waals surface area contributed by atoms with E-state index in [4.69, 9.17) is 0 Å². The van der Waals surface area contributed by atoms with Gasteiger partial charge in [0, 0.05) is 11.3 Å². The normalized spacial score (nSPS) is 10.5. The summed E-state index contributed by atoms with van der Waals surface area (Å²) in [4.78, 5) is 12.2. The van der Waals surface area contributed by atoms with E-state index in [1.165, 1.54) is 22.8 Å². The predicted molar refractivity (Wildman–Crippen MR) is 75.9 cm³/mol. The number of esters is 1. The zero-order valence-electron chi connectivity index (χ0n) is 10.4. The number of carbonyl (C=O) groups excluding carboxylic acids is 1. The van der Waals surface area contributed by atoms with E-state index in [0.29, 0.717) is 6.42 Å². The van der Waals surface area contributed by atoms with Gasteiger partial charge < -0.3 is 4.74 Å². The molecule has 0 aliphatic rings. The lowest BCUT2D eigenvalue weighted by Gasteiger charge is -2.03. The van der Waals surface area contributed by atoms with Crippen LogP contribution in [0.3, 0.4) is 0 Å². The van der Waals surface area contributed by atoms with Crippen molar-refractivity contribution in [2.45, 2.75) is 17.7 Å². The van der Waals surface area contributed by atoms with Gasteiger partial charge in [0.2, 0.25) is 0 Å². The molecule has 3 heteroatoms.